The number of benzene rings is 2. The molecule has 3 rings (SSSR count). The number of carbonyl (C=O) groups is 1. The smallest absolute Gasteiger partial charge is 0.267 e. The number of halogens is 2. The van der Waals surface area contributed by atoms with Crippen molar-refractivity contribution in [1.29, 1.82) is 0 Å². The molecule has 8 heteroatoms. The van der Waals surface area contributed by atoms with E-state index in [-0.39, 0.29) is 0 Å². The van der Waals surface area contributed by atoms with Crippen LogP contribution in [0.2, 0.25) is 5.02 Å². The predicted molar refractivity (Wildman–Crippen MR) is 88.3 cm³/mol. The zero-order valence-electron chi connectivity index (χ0n) is 13.0. The number of rotatable bonds is 4. The van der Waals surface area contributed by atoms with E-state index in [1.807, 2.05) is 0 Å². The van der Waals surface area contributed by atoms with Crippen LogP contribution in [-0.2, 0) is 4.79 Å². The number of amides is 1. The van der Waals surface area contributed by atoms with Crippen molar-refractivity contribution >= 4 is 34.2 Å². The Kier molecular flexibility index (Phi) is 4.35. The SMILES string of the molecule is Cc1ccc(NC(=O)C(C)On2nnc3ccc(Cl)cc32)cc1F. The summed E-state index contributed by atoms with van der Waals surface area (Å²) in [5.74, 6) is -0.831. The second-order valence-corrected chi connectivity index (χ2v) is 5.73. The Morgan fingerprint density at radius 2 is 2.12 bits per heavy atom. The van der Waals surface area contributed by atoms with E-state index in [0.29, 0.717) is 27.3 Å². The van der Waals surface area contributed by atoms with Crippen LogP contribution in [0.15, 0.2) is 36.4 Å². The Bertz CT molecular complexity index is 912. The number of anilines is 1. The summed E-state index contributed by atoms with van der Waals surface area (Å²) in [4.78, 5) is 18.8. The molecule has 2 aromatic carbocycles. The van der Waals surface area contributed by atoms with E-state index in [1.165, 1.54) is 6.07 Å². The molecule has 1 amide bonds. The molecule has 0 spiro atoms. The number of carbonyl (C=O) groups excluding carboxylic acids is 1. The molecule has 124 valence electrons. The first-order valence-electron chi connectivity index (χ1n) is 7.19. The summed E-state index contributed by atoms with van der Waals surface area (Å²) in [7, 11) is 0. The van der Waals surface area contributed by atoms with Crippen molar-refractivity contribution in [2.24, 2.45) is 0 Å². The van der Waals surface area contributed by atoms with Crippen LogP contribution >= 0.6 is 11.6 Å². The van der Waals surface area contributed by atoms with Crippen molar-refractivity contribution in [3.8, 4) is 0 Å². The Labute approximate surface area is 142 Å². The number of hydrogen-bond acceptors (Lipinski definition) is 4. The molecule has 0 saturated carbocycles. The Morgan fingerprint density at radius 3 is 2.88 bits per heavy atom. The number of nitrogens with one attached hydrogen (secondary N) is 1. The van der Waals surface area contributed by atoms with E-state index in [1.54, 1.807) is 44.2 Å². The van der Waals surface area contributed by atoms with Crippen molar-refractivity contribution in [2.75, 3.05) is 5.32 Å². The lowest BCUT2D eigenvalue weighted by molar-refractivity contribution is -0.127. The zero-order chi connectivity index (χ0) is 17.3. The van der Waals surface area contributed by atoms with Crippen molar-refractivity contribution in [1.82, 2.24) is 15.2 Å². The predicted octanol–water partition coefficient (Wildman–Crippen LogP) is 2.99. The Balaban J connectivity index is 1.73. The van der Waals surface area contributed by atoms with Gasteiger partial charge in [-0.2, -0.15) is 0 Å². The Morgan fingerprint density at radius 1 is 1.33 bits per heavy atom. The number of fused-ring (bicyclic) bond motifs is 1. The third kappa shape index (κ3) is 3.30. The normalized spacial score (nSPS) is 12.2. The molecule has 0 saturated heterocycles. The van der Waals surface area contributed by atoms with E-state index in [2.05, 4.69) is 15.6 Å². The van der Waals surface area contributed by atoms with Gasteiger partial charge in [0.2, 0.25) is 6.10 Å². The molecule has 0 radical (unpaired) electrons. The first kappa shape index (κ1) is 16.2. The lowest BCUT2D eigenvalue weighted by Crippen LogP contribution is -2.35. The van der Waals surface area contributed by atoms with Gasteiger partial charge in [-0.15, -0.1) is 5.10 Å². The zero-order valence-corrected chi connectivity index (χ0v) is 13.7. The number of aryl methyl sites for hydroxylation is 1. The number of hydrogen-bond donors (Lipinski definition) is 1. The molecule has 6 nitrogen and oxygen atoms in total. The summed E-state index contributed by atoms with van der Waals surface area (Å²) in [5.41, 5.74) is 1.99. The molecule has 1 N–H and O–H groups in total. The maximum absolute atomic E-state index is 13.5. The molecule has 0 fully saturated rings. The molecular weight excluding hydrogens is 335 g/mol. The standard InChI is InChI=1S/C16H14ClFN4O2/c1-9-3-5-12(8-13(9)18)19-16(23)10(2)24-22-15-7-11(17)4-6-14(15)20-21-22/h3-8,10H,1-2H3,(H,19,23). The van der Waals surface area contributed by atoms with Gasteiger partial charge >= 0.3 is 0 Å². The van der Waals surface area contributed by atoms with Gasteiger partial charge in [0.05, 0.1) is 0 Å². The highest BCUT2D eigenvalue weighted by atomic mass is 35.5. The van der Waals surface area contributed by atoms with Crippen molar-refractivity contribution in [2.45, 2.75) is 20.0 Å². The minimum absolute atomic E-state index is 0.352. The molecule has 0 bridgehead atoms. The third-order valence-corrected chi connectivity index (χ3v) is 3.68. The van der Waals surface area contributed by atoms with E-state index in [4.69, 9.17) is 16.4 Å². The van der Waals surface area contributed by atoms with Gasteiger partial charge in [0.1, 0.15) is 16.9 Å². The topological polar surface area (TPSA) is 69.0 Å². The quantitative estimate of drug-likeness (QED) is 0.787. The second-order valence-electron chi connectivity index (χ2n) is 5.30. The highest BCUT2D eigenvalue weighted by molar-refractivity contribution is 6.31. The first-order chi connectivity index (χ1) is 11.4. The van der Waals surface area contributed by atoms with Crippen LogP contribution in [0.1, 0.15) is 12.5 Å². The fraction of sp³-hybridized carbons (Fsp3) is 0.188. The molecule has 0 aliphatic rings. The fourth-order valence-electron chi connectivity index (χ4n) is 2.06. The van der Waals surface area contributed by atoms with Gasteiger partial charge in [-0.05, 0) is 55.0 Å². The van der Waals surface area contributed by atoms with Crippen molar-refractivity contribution in [3.05, 3.63) is 52.8 Å². The van der Waals surface area contributed by atoms with Crippen LogP contribution in [0.3, 0.4) is 0 Å². The highest BCUT2D eigenvalue weighted by Crippen LogP contribution is 2.17. The monoisotopic (exact) mass is 348 g/mol. The maximum Gasteiger partial charge on any atom is 0.267 e. The van der Waals surface area contributed by atoms with Crippen LogP contribution < -0.4 is 10.2 Å². The van der Waals surface area contributed by atoms with Gasteiger partial charge in [0, 0.05) is 10.7 Å². The lowest BCUT2D eigenvalue weighted by Gasteiger charge is -2.14. The minimum Gasteiger partial charge on any atom is -0.382 e. The molecule has 3 aromatic rings. The average molecular weight is 349 g/mol. The molecule has 0 aliphatic heterocycles. The first-order valence-corrected chi connectivity index (χ1v) is 7.57. The van der Waals surface area contributed by atoms with Crippen LogP contribution in [0.25, 0.3) is 11.0 Å². The fourth-order valence-corrected chi connectivity index (χ4v) is 2.23. The summed E-state index contributed by atoms with van der Waals surface area (Å²) >= 11 is 5.94. The molecule has 24 heavy (non-hydrogen) atoms. The molecule has 0 aliphatic carbocycles. The van der Waals surface area contributed by atoms with Gasteiger partial charge in [-0.1, -0.05) is 22.5 Å². The van der Waals surface area contributed by atoms with E-state index >= 15 is 0 Å². The molecule has 1 unspecified atom stereocenters. The van der Waals surface area contributed by atoms with Crippen molar-refractivity contribution < 1.29 is 14.0 Å². The molecular formula is C16H14ClFN4O2. The van der Waals surface area contributed by atoms with Crippen LogP contribution in [0.4, 0.5) is 10.1 Å². The minimum atomic E-state index is -0.877. The average Bonchev–Trinajstić information content (AvgIpc) is 2.93. The summed E-state index contributed by atoms with van der Waals surface area (Å²) in [6.07, 6.45) is -0.877. The highest BCUT2D eigenvalue weighted by Gasteiger charge is 2.18. The summed E-state index contributed by atoms with van der Waals surface area (Å²) in [6, 6.07) is 9.48. The van der Waals surface area contributed by atoms with Gasteiger partial charge in [-0.3, -0.25) is 4.79 Å². The molecule has 1 atom stereocenters. The Hall–Kier alpha value is -2.67. The largest absolute Gasteiger partial charge is 0.382 e. The summed E-state index contributed by atoms with van der Waals surface area (Å²) < 4.78 is 13.5. The number of aromatic nitrogens is 3. The summed E-state index contributed by atoms with van der Waals surface area (Å²) in [5, 5.41) is 10.9. The van der Waals surface area contributed by atoms with Crippen molar-refractivity contribution in [3.63, 3.8) is 0 Å². The summed E-state index contributed by atoms with van der Waals surface area (Å²) in [6.45, 7) is 3.20. The molecule has 1 heterocycles. The van der Waals surface area contributed by atoms with Gasteiger partial charge in [0.15, 0.2) is 0 Å². The third-order valence-electron chi connectivity index (χ3n) is 3.44. The van der Waals surface area contributed by atoms with Crippen LogP contribution in [0.5, 0.6) is 0 Å². The van der Waals surface area contributed by atoms with Gasteiger partial charge in [-0.25, -0.2) is 4.39 Å². The lowest BCUT2D eigenvalue weighted by atomic mass is 10.2. The van der Waals surface area contributed by atoms with Gasteiger partial charge < -0.3 is 10.2 Å². The van der Waals surface area contributed by atoms with E-state index < -0.39 is 17.8 Å². The van der Waals surface area contributed by atoms with Crippen LogP contribution in [0, 0.1) is 12.7 Å². The van der Waals surface area contributed by atoms with E-state index in [9.17, 15) is 9.18 Å². The second kappa shape index (κ2) is 6.45. The molecule has 1 aromatic heterocycles. The van der Waals surface area contributed by atoms with Crippen LogP contribution in [-0.4, -0.2) is 27.2 Å². The van der Waals surface area contributed by atoms with Gasteiger partial charge in [0.25, 0.3) is 5.91 Å². The maximum atomic E-state index is 13.5. The number of nitrogens with zero attached hydrogens (tertiary/aromatic N) is 3. The van der Waals surface area contributed by atoms with E-state index in [0.717, 1.165) is 4.85 Å².